The number of aryl methyl sites for hydroxylation is 1. The minimum atomic E-state index is 0.767. The Balaban J connectivity index is 1.31. The van der Waals surface area contributed by atoms with E-state index in [2.05, 4.69) is 44.5 Å². The van der Waals surface area contributed by atoms with E-state index in [0.717, 1.165) is 60.7 Å². The summed E-state index contributed by atoms with van der Waals surface area (Å²) in [6.45, 7) is 7.79. The molecule has 1 aromatic carbocycles. The Morgan fingerprint density at radius 1 is 1.07 bits per heavy atom. The van der Waals surface area contributed by atoms with Crippen LogP contribution in [0, 0.1) is 11.7 Å². The number of benzene rings is 1. The van der Waals surface area contributed by atoms with Gasteiger partial charge >= 0.3 is 0 Å². The number of hydrogen-bond acceptors (Lipinski definition) is 6. The summed E-state index contributed by atoms with van der Waals surface area (Å²) in [4.78, 5) is 9.71. The first kappa shape index (κ1) is 18.5. The van der Waals surface area contributed by atoms with Gasteiger partial charge in [-0.05, 0) is 19.1 Å². The van der Waals surface area contributed by atoms with Gasteiger partial charge in [-0.25, -0.2) is 9.67 Å². The largest absolute Gasteiger partial charge is 0.307 e. The molecule has 0 N–H and O–H groups in total. The lowest BCUT2D eigenvalue weighted by Crippen LogP contribution is -2.46. The molecule has 0 amide bonds. The van der Waals surface area contributed by atoms with E-state index in [1.54, 1.807) is 11.3 Å². The molecule has 142 valence electrons. The van der Waals surface area contributed by atoms with Crippen molar-refractivity contribution < 1.29 is 0 Å². The van der Waals surface area contributed by atoms with E-state index in [1.807, 2.05) is 29.3 Å². The maximum Gasteiger partial charge on any atom is 0.198 e. The molecular weight excluding hydrogens is 376 g/mol. The van der Waals surface area contributed by atoms with E-state index in [9.17, 15) is 0 Å². The van der Waals surface area contributed by atoms with Crippen LogP contribution in [0.4, 0.5) is 0 Å². The smallest absolute Gasteiger partial charge is 0.198 e. The fourth-order valence-corrected chi connectivity index (χ4v) is 4.34. The molecule has 2 aromatic heterocycles. The summed E-state index contributed by atoms with van der Waals surface area (Å²) in [5, 5.41) is 7.82. The van der Waals surface area contributed by atoms with Crippen LogP contribution < -0.4 is 0 Å². The number of nitrogens with zero attached hydrogens (tertiary/aromatic N) is 6. The van der Waals surface area contributed by atoms with Gasteiger partial charge in [0.05, 0.1) is 12.4 Å². The Hall–Kier alpha value is -1.87. The van der Waals surface area contributed by atoms with E-state index in [-0.39, 0.29) is 0 Å². The summed E-state index contributed by atoms with van der Waals surface area (Å²) in [5.41, 5.74) is 2.36. The predicted octanol–water partition coefficient (Wildman–Crippen LogP) is 3.16. The van der Waals surface area contributed by atoms with Gasteiger partial charge in [0.2, 0.25) is 0 Å². The van der Waals surface area contributed by atoms with Crippen LogP contribution >= 0.6 is 23.6 Å². The van der Waals surface area contributed by atoms with Crippen molar-refractivity contribution in [2.24, 2.45) is 7.05 Å². The van der Waals surface area contributed by atoms with E-state index >= 15 is 0 Å². The highest BCUT2D eigenvalue weighted by atomic mass is 32.1. The van der Waals surface area contributed by atoms with Gasteiger partial charge in [-0.1, -0.05) is 30.3 Å². The van der Waals surface area contributed by atoms with Crippen LogP contribution in [0.25, 0.3) is 10.6 Å². The summed E-state index contributed by atoms with van der Waals surface area (Å²) in [6.07, 6.45) is 0. The number of aromatic nitrogens is 4. The molecule has 1 saturated heterocycles. The van der Waals surface area contributed by atoms with E-state index in [4.69, 9.17) is 17.2 Å². The van der Waals surface area contributed by atoms with Crippen LogP contribution in [0.2, 0.25) is 0 Å². The second-order valence-corrected chi connectivity index (χ2v) is 8.16. The summed E-state index contributed by atoms with van der Waals surface area (Å²) >= 11 is 7.18. The molecule has 0 saturated carbocycles. The second kappa shape index (κ2) is 8.02. The topological polar surface area (TPSA) is 42.1 Å². The van der Waals surface area contributed by atoms with Gasteiger partial charge in [0, 0.05) is 50.7 Å². The molecule has 0 bridgehead atoms. The van der Waals surface area contributed by atoms with E-state index < -0.39 is 0 Å². The number of hydrogen-bond donors (Lipinski definition) is 0. The zero-order valence-corrected chi connectivity index (χ0v) is 17.3. The van der Waals surface area contributed by atoms with Crippen molar-refractivity contribution in [3.05, 3.63) is 52.0 Å². The van der Waals surface area contributed by atoms with Gasteiger partial charge in [-0.3, -0.25) is 9.80 Å². The molecular formula is C19H24N6S2. The van der Waals surface area contributed by atoms with Gasteiger partial charge in [0.25, 0.3) is 0 Å². The first-order valence-corrected chi connectivity index (χ1v) is 10.4. The van der Waals surface area contributed by atoms with Crippen LogP contribution in [0.1, 0.15) is 11.5 Å². The lowest BCUT2D eigenvalue weighted by molar-refractivity contribution is 0.0973. The SMILES string of the molecule is Cc1nn(CN2CCN(Cc3csc(-c4ccccc4)n3)CC2)c(=S)n1C. The van der Waals surface area contributed by atoms with Gasteiger partial charge < -0.3 is 4.57 Å². The number of thiazole rings is 1. The van der Waals surface area contributed by atoms with Gasteiger partial charge in [-0.15, -0.1) is 11.3 Å². The average Bonchev–Trinajstić information content (AvgIpc) is 3.25. The predicted molar refractivity (Wildman–Crippen MR) is 111 cm³/mol. The van der Waals surface area contributed by atoms with Crippen LogP contribution in [-0.4, -0.2) is 55.3 Å². The molecule has 1 aliphatic heterocycles. The highest BCUT2D eigenvalue weighted by Gasteiger charge is 2.19. The highest BCUT2D eigenvalue weighted by molar-refractivity contribution is 7.71. The Labute approximate surface area is 168 Å². The molecule has 0 unspecified atom stereocenters. The van der Waals surface area contributed by atoms with E-state index in [1.165, 1.54) is 5.56 Å². The third-order valence-electron chi connectivity index (χ3n) is 5.02. The molecule has 27 heavy (non-hydrogen) atoms. The third-order valence-corrected chi connectivity index (χ3v) is 6.44. The van der Waals surface area contributed by atoms with Crippen molar-refractivity contribution in [3.8, 4) is 10.6 Å². The normalized spacial score (nSPS) is 16.1. The Morgan fingerprint density at radius 2 is 1.78 bits per heavy atom. The average molecular weight is 401 g/mol. The van der Waals surface area contributed by atoms with Crippen LogP contribution in [0.5, 0.6) is 0 Å². The van der Waals surface area contributed by atoms with Crippen molar-refractivity contribution in [1.82, 2.24) is 29.1 Å². The minimum Gasteiger partial charge on any atom is -0.307 e. The van der Waals surface area contributed by atoms with Gasteiger partial charge in [-0.2, -0.15) is 5.10 Å². The number of rotatable bonds is 5. The molecule has 6 nitrogen and oxygen atoms in total. The molecule has 0 aliphatic carbocycles. The Kier molecular flexibility index (Phi) is 5.49. The second-order valence-electron chi connectivity index (χ2n) is 6.93. The third kappa shape index (κ3) is 4.19. The van der Waals surface area contributed by atoms with Gasteiger partial charge in [0.1, 0.15) is 10.8 Å². The molecule has 0 atom stereocenters. The summed E-state index contributed by atoms with van der Waals surface area (Å²) < 4.78 is 4.66. The molecule has 1 aliphatic rings. The fraction of sp³-hybridized carbons (Fsp3) is 0.421. The summed E-state index contributed by atoms with van der Waals surface area (Å²) in [5.74, 6) is 0.955. The van der Waals surface area contributed by atoms with Crippen molar-refractivity contribution in [2.75, 3.05) is 26.2 Å². The zero-order chi connectivity index (χ0) is 18.8. The van der Waals surface area contributed by atoms with Crippen molar-refractivity contribution >= 4 is 23.6 Å². The van der Waals surface area contributed by atoms with Crippen LogP contribution in [0.15, 0.2) is 35.7 Å². The van der Waals surface area contributed by atoms with Crippen LogP contribution in [-0.2, 0) is 20.3 Å². The van der Waals surface area contributed by atoms with Crippen molar-refractivity contribution in [3.63, 3.8) is 0 Å². The monoisotopic (exact) mass is 400 g/mol. The summed E-state index contributed by atoms with van der Waals surface area (Å²) in [7, 11) is 1.97. The minimum absolute atomic E-state index is 0.767. The Morgan fingerprint density at radius 3 is 2.44 bits per heavy atom. The fourth-order valence-electron chi connectivity index (χ4n) is 3.29. The maximum atomic E-state index is 5.45. The number of piperazine rings is 1. The molecule has 1 fully saturated rings. The zero-order valence-electron chi connectivity index (χ0n) is 15.7. The lowest BCUT2D eigenvalue weighted by Gasteiger charge is -2.34. The van der Waals surface area contributed by atoms with Crippen molar-refractivity contribution in [1.29, 1.82) is 0 Å². The molecule has 3 aromatic rings. The highest BCUT2D eigenvalue weighted by Crippen LogP contribution is 2.24. The lowest BCUT2D eigenvalue weighted by atomic mass is 10.2. The standard InChI is InChI=1S/C19H24N6S2/c1-15-21-25(19(26)22(15)2)14-24-10-8-23(9-11-24)12-17-13-27-18(20-17)16-6-4-3-5-7-16/h3-7,13H,8-12,14H2,1-2H3. The Bertz CT molecular complexity index is 950. The molecule has 0 radical (unpaired) electrons. The quantitative estimate of drug-likeness (QED) is 0.616. The van der Waals surface area contributed by atoms with Crippen molar-refractivity contribution in [2.45, 2.75) is 20.1 Å². The molecule has 4 rings (SSSR count). The first-order valence-electron chi connectivity index (χ1n) is 9.15. The van der Waals surface area contributed by atoms with Gasteiger partial charge in [0.15, 0.2) is 4.77 Å². The van der Waals surface area contributed by atoms with Crippen LogP contribution in [0.3, 0.4) is 0 Å². The first-order chi connectivity index (χ1) is 13.1. The molecule has 8 heteroatoms. The van der Waals surface area contributed by atoms with E-state index in [0.29, 0.717) is 0 Å². The maximum absolute atomic E-state index is 5.45. The summed E-state index contributed by atoms with van der Waals surface area (Å²) in [6, 6.07) is 10.4. The molecule has 0 spiro atoms. The molecule has 3 heterocycles.